The van der Waals surface area contributed by atoms with E-state index in [0.29, 0.717) is 11.5 Å². The molecule has 1 N–H and O–H groups in total. The van der Waals surface area contributed by atoms with E-state index in [1.165, 1.54) is 17.0 Å². The van der Waals surface area contributed by atoms with Crippen LogP contribution in [0.3, 0.4) is 0 Å². The number of benzene rings is 2. The highest BCUT2D eigenvalue weighted by molar-refractivity contribution is 7.80. The number of nitrogens with zero attached hydrogens (tertiary/aromatic N) is 2. The zero-order valence-electron chi connectivity index (χ0n) is 13.8. The van der Waals surface area contributed by atoms with E-state index in [0.717, 1.165) is 17.0 Å². The van der Waals surface area contributed by atoms with Crippen molar-refractivity contribution >= 4 is 40.1 Å². The summed E-state index contributed by atoms with van der Waals surface area (Å²) in [6.07, 6.45) is 0.681. The lowest BCUT2D eigenvalue weighted by Crippen LogP contribution is -2.30. The van der Waals surface area contributed by atoms with Gasteiger partial charge in [0, 0.05) is 22.5 Å². The normalized spacial score (nSPS) is 16.4. The van der Waals surface area contributed by atoms with Gasteiger partial charge in [-0.1, -0.05) is 36.4 Å². The highest BCUT2D eigenvalue weighted by Crippen LogP contribution is 2.35. The second kappa shape index (κ2) is 7.35. The molecule has 1 aliphatic rings. The molecule has 0 radical (unpaired) electrons. The van der Waals surface area contributed by atoms with Crippen molar-refractivity contribution in [2.45, 2.75) is 12.5 Å². The number of thiocarbonyl (C=S) groups is 1. The molecule has 4 rings (SSSR count). The Bertz CT molecular complexity index is 939. The maximum atomic E-state index is 13.6. The molecular formula is C20H16FN3S2. The molecule has 0 saturated heterocycles. The van der Waals surface area contributed by atoms with Gasteiger partial charge in [0.1, 0.15) is 5.82 Å². The SMILES string of the molecule is Fc1cccc(C2=NN(C(=S)Nc3ccccc3)[C@H](c3cccs3)C2)c1. The number of hydrogen-bond acceptors (Lipinski definition) is 3. The van der Waals surface area contributed by atoms with E-state index in [1.54, 1.807) is 17.4 Å². The first-order valence-electron chi connectivity index (χ1n) is 8.23. The van der Waals surface area contributed by atoms with Gasteiger partial charge in [-0.2, -0.15) is 5.10 Å². The predicted molar refractivity (Wildman–Crippen MR) is 109 cm³/mol. The quantitative estimate of drug-likeness (QED) is 0.613. The van der Waals surface area contributed by atoms with Gasteiger partial charge in [-0.15, -0.1) is 11.3 Å². The van der Waals surface area contributed by atoms with Crippen molar-refractivity contribution in [3.8, 4) is 0 Å². The molecule has 26 heavy (non-hydrogen) atoms. The van der Waals surface area contributed by atoms with Gasteiger partial charge < -0.3 is 5.32 Å². The monoisotopic (exact) mass is 381 g/mol. The fourth-order valence-corrected chi connectivity index (χ4v) is 4.04. The number of halogens is 1. The van der Waals surface area contributed by atoms with Crippen molar-refractivity contribution in [2.75, 3.05) is 5.32 Å². The third-order valence-corrected chi connectivity index (χ3v) is 5.44. The first kappa shape index (κ1) is 16.9. The summed E-state index contributed by atoms with van der Waals surface area (Å²) in [5, 5.41) is 12.4. The van der Waals surface area contributed by atoms with E-state index in [2.05, 4.69) is 11.4 Å². The maximum absolute atomic E-state index is 13.6. The van der Waals surface area contributed by atoms with Crippen LogP contribution in [0.1, 0.15) is 22.9 Å². The van der Waals surface area contributed by atoms with Gasteiger partial charge >= 0.3 is 0 Å². The molecule has 0 bridgehead atoms. The number of hydrazone groups is 1. The topological polar surface area (TPSA) is 27.6 Å². The van der Waals surface area contributed by atoms with Crippen molar-refractivity contribution < 1.29 is 4.39 Å². The Balaban J connectivity index is 1.64. The van der Waals surface area contributed by atoms with E-state index in [9.17, 15) is 4.39 Å². The highest BCUT2D eigenvalue weighted by atomic mass is 32.1. The number of nitrogens with one attached hydrogen (secondary N) is 1. The summed E-state index contributed by atoms with van der Waals surface area (Å²) in [6.45, 7) is 0. The molecule has 2 aromatic carbocycles. The molecule has 0 fully saturated rings. The summed E-state index contributed by atoms with van der Waals surface area (Å²) in [5.74, 6) is -0.263. The van der Waals surface area contributed by atoms with Crippen LogP contribution in [0.25, 0.3) is 0 Å². The molecule has 0 amide bonds. The Morgan fingerprint density at radius 3 is 2.69 bits per heavy atom. The molecule has 0 unspecified atom stereocenters. The Hall–Kier alpha value is -2.57. The van der Waals surface area contributed by atoms with Crippen LogP contribution in [0.2, 0.25) is 0 Å². The van der Waals surface area contributed by atoms with Gasteiger partial charge in [0.2, 0.25) is 0 Å². The average Bonchev–Trinajstić information content (AvgIpc) is 3.32. The summed E-state index contributed by atoms with van der Waals surface area (Å²) >= 11 is 7.29. The van der Waals surface area contributed by atoms with E-state index in [1.807, 2.05) is 52.9 Å². The van der Waals surface area contributed by atoms with Crippen molar-refractivity contribution in [1.29, 1.82) is 0 Å². The number of thiophene rings is 1. The fourth-order valence-electron chi connectivity index (χ4n) is 2.94. The molecule has 3 nitrogen and oxygen atoms in total. The van der Waals surface area contributed by atoms with Crippen molar-refractivity contribution in [3.63, 3.8) is 0 Å². The number of para-hydroxylation sites is 1. The Morgan fingerprint density at radius 1 is 1.12 bits per heavy atom. The second-order valence-corrected chi connectivity index (χ2v) is 7.30. The molecule has 6 heteroatoms. The molecule has 1 aliphatic heterocycles. The minimum atomic E-state index is -0.263. The van der Waals surface area contributed by atoms with E-state index >= 15 is 0 Å². The zero-order chi connectivity index (χ0) is 17.9. The van der Waals surface area contributed by atoms with Crippen molar-refractivity contribution in [2.24, 2.45) is 5.10 Å². The Morgan fingerprint density at radius 2 is 1.96 bits per heavy atom. The molecule has 0 saturated carbocycles. The van der Waals surface area contributed by atoms with Crippen LogP contribution in [0.4, 0.5) is 10.1 Å². The largest absolute Gasteiger partial charge is 0.331 e. The van der Waals surface area contributed by atoms with Gasteiger partial charge in [0.25, 0.3) is 0 Å². The maximum Gasteiger partial charge on any atom is 0.194 e. The zero-order valence-corrected chi connectivity index (χ0v) is 15.4. The van der Waals surface area contributed by atoms with Gasteiger partial charge in [0.05, 0.1) is 11.8 Å². The minimum Gasteiger partial charge on any atom is -0.331 e. The lowest BCUT2D eigenvalue weighted by Gasteiger charge is -2.23. The molecule has 3 aromatic rings. The Labute approximate surface area is 160 Å². The molecular weight excluding hydrogens is 365 g/mol. The molecule has 1 aromatic heterocycles. The lowest BCUT2D eigenvalue weighted by atomic mass is 10.0. The van der Waals surface area contributed by atoms with Crippen LogP contribution in [-0.4, -0.2) is 15.8 Å². The van der Waals surface area contributed by atoms with Crippen LogP contribution in [0.15, 0.2) is 77.2 Å². The third-order valence-electron chi connectivity index (χ3n) is 4.17. The van der Waals surface area contributed by atoms with Crippen LogP contribution in [-0.2, 0) is 0 Å². The van der Waals surface area contributed by atoms with Crippen LogP contribution in [0, 0.1) is 5.82 Å². The Kier molecular flexibility index (Phi) is 4.77. The number of hydrogen-bond donors (Lipinski definition) is 1. The first-order valence-corrected chi connectivity index (χ1v) is 9.51. The van der Waals surface area contributed by atoms with E-state index < -0.39 is 0 Å². The molecule has 0 spiro atoms. The van der Waals surface area contributed by atoms with Gasteiger partial charge in [-0.3, -0.25) is 0 Å². The summed E-state index contributed by atoms with van der Waals surface area (Å²) < 4.78 is 13.6. The summed E-state index contributed by atoms with van der Waals surface area (Å²) in [6, 6.07) is 20.4. The predicted octanol–water partition coefficient (Wildman–Crippen LogP) is 5.44. The molecule has 1 atom stereocenters. The van der Waals surface area contributed by atoms with E-state index in [-0.39, 0.29) is 11.9 Å². The van der Waals surface area contributed by atoms with Gasteiger partial charge in [0.15, 0.2) is 5.11 Å². The molecule has 0 aliphatic carbocycles. The van der Waals surface area contributed by atoms with Crippen LogP contribution < -0.4 is 5.32 Å². The van der Waals surface area contributed by atoms with Gasteiger partial charge in [-0.05, 0) is 47.9 Å². The number of rotatable bonds is 3. The highest BCUT2D eigenvalue weighted by Gasteiger charge is 2.32. The standard InChI is InChI=1S/C20H16FN3S2/c21-15-7-4-6-14(12-15)17-13-18(19-10-5-11-26-19)24(23-17)20(25)22-16-8-2-1-3-9-16/h1-12,18H,13H2,(H,22,25)/t18-/m0/s1. The summed E-state index contributed by atoms with van der Waals surface area (Å²) in [7, 11) is 0. The smallest absolute Gasteiger partial charge is 0.194 e. The van der Waals surface area contributed by atoms with Crippen LogP contribution in [0.5, 0.6) is 0 Å². The molecule has 130 valence electrons. The lowest BCUT2D eigenvalue weighted by molar-refractivity contribution is 0.380. The van der Waals surface area contributed by atoms with Crippen molar-refractivity contribution in [1.82, 2.24) is 5.01 Å². The second-order valence-electron chi connectivity index (χ2n) is 5.93. The van der Waals surface area contributed by atoms with E-state index in [4.69, 9.17) is 17.3 Å². The summed E-state index contributed by atoms with van der Waals surface area (Å²) in [5.41, 5.74) is 2.54. The average molecular weight is 382 g/mol. The minimum absolute atomic E-state index is 0.0111. The fraction of sp³-hybridized carbons (Fsp3) is 0.100. The summed E-state index contributed by atoms with van der Waals surface area (Å²) in [4.78, 5) is 1.18. The van der Waals surface area contributed by atoms with Crippen LogP contribution >= 0.6 is 23.6 Å². The number of anilines is 1. The first-order chi connectivity index (χ1) is 12.7. The van der Waals surface area contributed by atoms with Crippen molar-refractivity contribution in [3.05, 3.63) is 88.4 Å². The van der Waals surface area contributed by atoms with Gasteiger partial charge in [-0.25, -0.2) is 9.40 Å². The molecule has 2 heterocycles. The third kappa shape index (κ3) is 3.52.